The summed E-state index contributed by atoms with van der Waals surface area (Å²) in [4.78, 5) is 11.4. The fourth-order valence-corrected chi connectivity index (χ4v) is 1.62. The van der Waals surface area contributed by atoms with Gasteiger partial charge in [-0.05, 0) is 12.1 Å². The lowest BCUT2D eigenvalue weighted by Crippen LogP contribution is -2.05. The topological polar surface area (TPSA) is 61.5 Å². The second-order valence-electron chi connectivity index (χ2n) is 3.10. The number of ether oxygens (including phenoxy) is 2. The summed E-state index contributed by atoms with van der Waals surface area (Å²) in [5.74, 6) is 0.291. The molecule has 4 nitrogen and oxygen atoms in total. The minimum atomic E-state index is -0.341. The first-order valence-electron chi connectivity index (χ1n) is 4.36. The van der Waals surface area contributed by atoms with Crippen LogP contribution in [-0.2, 0) is 11.2 Å². The number of esters is 1. The van der Waals surface area contributed by atoms with Gasteiger partial charge in [0, 0.05) is 12.0 Å². The van der Waals surface area contributed by atoms with E-state index in [0.717, 1.165) is 5.56 Å². The average Bonchev–Trinajstić information content (AvgIpc) is 2.67. The molecule has 14 heavy (non-hydrogen) atoms. The van der Waals surface area contributed by atoms with Crippen LogP contribution in [0.15, 0.2) is 12.1 Å². The summed E-state index contributed by atoms with van der Waals surface area (Å²) in [5.41, 5.74) is 7.69. The lowest BCUT2D eigenvalue weighted by Gasteiger charge is -2.07. The Bertz CT molecular complexity index is 387. The first-order chi connectivity index (χ1) is 6.74. The molecule has 0 amide bonds. The van der Waals surface area contributed by atoms with Crippen molar-refractivity contribution in [3.05, 3.63) is 23.3 Å². The number of nitrogens with two attached hydrogens (primary N) is 1. The summed E-state index contributed by atoms with van der Waals surface area (Å²) in [7, 11) is 1.36. The normalized spacial score (nSPS) is 13.2. The molecule has 1 aliphatic heterocycles. The number of carbonyl (C=O) groups excluding carboxylic acids is 1. The van der Waals surface area contributed by atoms with Gasteiger partial charge < -0.3 is 15.2 Å². The molecule has 0 saturated heterocycles. The average molecular weight is 193 g/mol. The van der Waals surface area contributed by atoms with E-state index < -0.39 is 0 Å². The molecule has 2 rings (SSSR count). The van der Waals surface area contributed by atoms with Gasteiger partial charge in [-0.1, -0.05) is 0 Å². The number of nitrogen functional groups attached to an aromatic ring is 1. The van der Waals surface area contributed by atoms with E-state index in [2.05, 4.69) is 4.74 Å². The van der Waals surface area contributed by atoms with E-state index >= 15 is 0 Å². The molecule has 1 aliphatic rings. The van der Waals surface area contributed by atoms with Crippen molar-refractivity contribution < 1.29 is 14.3 Å². The fraction of sp³-hybridized carbons (Fsp3) is 0.300. The van der Waals surface area contributed by atoms with Crippen LogP contribution in [0.1, 0.15) is 15.9 Å². The number of hydrogen-bond acceptors (Lipinski definition) is 4. The maximum Gasteiger partial charge on any atom is 0.338 e. The van der Waals surface area contributed by atoms with E-state index in [9.17, 15) is 4.79 Å². The van der Waals surface area contributed by atoms with E-state index in [4.69, 9.17) is 10.5 Å². The van der Waals surface area contributed by atoms with Crippen LogP contribution in [0.2, 0.25) is 0 Å². The van der Waals surface area contributed by atoms with Crippen LogP contribution >= 0.6 is 0 Å². The molecule has 0 saturated carbocycles. The predicted molar refractivity (Wildman–Crippen MR) is 51.4 cm³/mol. The number of anilines is 1. The van der Waals surface area contributed by atoms with Gasteiger partial charge in [0.25, 0.3) is 0 Å². The van der Waals surface area contributed by atoms with Crippen molar-refractivity contribution in [3.63, 3.8) is 0 Å². The molecular formula is C10H11NO3. The van der Waals surface area contributed by atoms with Crippen LogP contribution < -0.4 is 10.5 Å². The zero-order chi connectivity index (χ0) is 10.1. The van der Waals surface area contributed by atoms with Crippen LogP contribution in [0.5, 0.6) is 5.75 Å². The highest BCUT2D eigenvalue weighted by molar-refractivity contribution is 5.93. The molecule has 1 aromatic rings. The SMILES string of the molecule is COC(=O)c1ccc(N)c2c1CCO2. The summed E-state index contributed by atoms with van der Waals surface area (Å²) in [5, 5.41) is 0. The molecule has 0 unspecified atom stereocenters. The Morgan fingerprint density at radius 3 is 3.07 bits per heavy atom. The predicted octanol–water partition coefficient (Wildman–Crippen LogP) is 0.990. The number of fused-ring (bicyclic) bond motifs is 1. The molecular weight excluding hydrogens is 182 g/mol. The van der Waals surface area contributed by atoms with Gasteiger partial charge in [0.05, 0.1) is 25.0 Å². The first-order valence-corrected chi connectivity index (χ1v) is 4.36. The third-order valence-corrected chi connectivity index (χ3v) is 2.29. The van der Waals surface area contributed by atoms with E-state index in [1.54, 1.807) is 12.1 Å². The van der Waals surface area contributed by atoms with Crippen molar-refractivity contribution in [2.45, 2.75) is 6.42 Å². The Morgan fingerprint density at radius 2 is 2.36 bits per heavy atom. The summed E-state index contributed by atoms with van der Waals surface area (Å²) < 4.78 is 10.00. The van der Waals surface area contributed by atoms with E-state index in [-0.39, 0.29) is 5.97 Å². The zero-order valence-corrected chi connectivity index (χ0v) is 7.87. The molecule has 0 aromatic heterocycles. The van der Waals surface area contributed by atoms with Crippen molar-refractivity contribution >= 4 is 11.7 Å². The molecule has 0 aliphatic carbocycles. The molecule has 0 atom stereocenters. The van der Waals surface area contributed by atoms with Gasteiger partial charge >= 0.3 is 5.97 Å². The highest BCUT2D eigenvalue weighted by atomic mass is 16.5. The van der Waals surface area contributed by atoms with E-state index in [1.165, 1.54) is 7.11 Å². The molecule has 0 bridgehead atoms. The molecule has 2 N–H and O–H groups in total. The quantitative estimate of drug-likeness (QED) is 0.533. The first kappa shape index (κ1) is 8.87. The van der Waals surface area contributed by atoms with Gasteiger partial charge in [-0.25, -0.2) is 4.79 Å². The van der Waals surface area contributed by atoms with Gasteiger partial charge in [-0.3, -0.25) is 0 Å². The largest absolute Gasteiger partial charge is 0.491 e. The number of rotatable bonds is 1. The monoisotopic (exact) mass is 193 g/mol. The maximum atomic E-state index is 11.4. The van der Waals surface area contributed by atoms with Crippen molar-refractivity contribution in [1.29, 1.82) is 0 Å². The van der Waals surface area contributed by atoms with E-state index in [0.29, 0.717) is 30.0 Å². The second-order valence-corrected chi connectivity index (χ2v) is 3.10. The second kappa shape index (κ2) is 3.21. The molecule has 1 heterocycles. The summed E-state index contributed by atoms with van der Waals surface area (Å²) in [6.45, 7) is 0.577. The third kappa shape index (κ3) is 1.19. The molecule has 4 heteroatoms. The van der Waals surface area contributed by atoms with Gasteiger partial charge in [-0.2, -0.15) is 0 Å². The summed E-state index contributed by atoms with van der Waals surface area (Å²) in [6.07, 6.45) is 0.713. The fourth-order valence-electron chi connectivity index (χ4n) is 1.62. The van der Waals surface area contributed by atoms with Crippen LogP contribution in [0.3, 0.4) is 0 Å². The zero-order valence-electron chi connectivity index (χ0n) is 7.87. The highest BCUT2D eigenvalue weighted by Gasteiger charge is 2.22. The Morgan fingerprint density at radius 1 is 1.57 bits per heavy atom. The lowest BCUT2D eigenvalue weighted by molar-refractivity contribution is 0.0599. The molecule has 0 spiro atoms. The van der Waals surface area contributed by atoms with Crippen LogP contribution in [0.4, 0.5) is 5.69 Å². The van der Waals surface area contributed by atoms with Gasteiger partial charge in [0.1, 0.15) is 5.75 Å². The van der Waals surface area contributed by atoms with Crippen LogP contribution in [0, 0.1) is 0 Å². The summed E-state index contributed by atoms with van der Waals surface area (Å²) >= 11 is 0. The van der Waals surface area contributed by atoms with Crippen LogP contribution in [-0.4, -0.2) is 19.7 Å². The molecule has 74 valence electrons. The Kier molecular flexibility index (Phi) is 2.04. The van der Waals surface area contributed by atoms with Crippen molar-refractivity contribution in [2.24, 2.45) is 0 Å². The van der Waals surface area contributed by atoms with Crippen molar-refractivity contribution in [2.75, 3.05) is 19.5 Å². The Balaban J connectivity index is 2.53. The Hall–Kier alpha value is -1.71. The maximum absolute atomic E-state index is 11.4. The molecule has 0 fully saturated rings. The molecule has 0 radical (unpaired) electrons. The number of carbonyl (C=O) groups is 1. The summed E-state index contributed by atoms with van der Waals surface area (Å²) in [6, 6.07) is 3.34. The lowest BCUT2D eigenvalue weighted by atomic mass is 10.0. The minimum Gasteiger partial charge on any atom is -0.491 e. The third-order valence-electron chi connectivity index (χ3n) is 2.29. The number of benzene rings is 1. The smallest absolute Gasteiger partial charge is 0.338 e. The Labute approximate surface area is 81.6 Å². The van der Waals surface area contributed by atoms with Gasteiger partial charge in [0.15, 0.2) is 0 Å². The van der Waals surface area contributed by atoms with Gasteiger partial charge in [-0.15, -0.1) is 0 Å². The van der Waals surface area contributed by atoms with E-state index in [1.807, 2.05) is 0 Å². The minimum absolute atomic E-state index is 0.341. The van der Waals surface area contributed by atoms with Crippen molar-refractivity contribution in [1.82, 2.24) is 0 Å². The van der Waals surface area contributed by atoms with Crippen molar-refractivity contribution in [3.8, 4) is 5.75 Å². The van der Waals surface area contributed by atoms with Gasteiger partial charge in [0.2, 0.25) is 0 Å². The number of methoxy groups -OCH3 is 1. The number of hydrogen-bond donors (Lipinski definition) is 1. The standard InChI is InChI=1S/C10H11NO3/c1-13-10(12)7-2-3-8(11)9-6(7)4-5-14-9/h2-3H,4-5,11H2,1H3. The molecule has 1 aromatic carbocycles. The van der Waals surface area contributed by atoms with Crippen LogP contribution in [0.25, 0.3) is 0 Å². The highest BCUT2D eigenvalue weighted by Crippen LogP contribution is 2.34.